The van der Waals surface area contributed by atoms with Crippen LogP contribution in [0.2, 0.25) is 0 Å². The quantitative estimate of drug-likeness (QED) is 0.506. The number of hydrogen-bond acceptors (Lipinski definition) is 5. The van der Waals surface area contributed by atoms with Gasteiger partial charge in [-0.1, -0.05) is 49.1 Å². The third kappa shape index (κ3) is 5.62. The second-order valence-corrected chi connectivity index (χ2v) is 9.94. The van der Waals surface area contributed by atoms with Crippen LogP contribution in [0.15, 0.2) is 83.8 Å². The van der Waals surface area contributed by atoms with E-state index in [1.165, 1.54) is 5.56 Å². The van der Waals surface area contributed by atoms with Crippen molar-refractivity contribution in [3.63, 3.8) is 0 Å². The normalized spacial score (nSPS) is 21.6. The molecule has 192 valence electrons. The van der Waals surface area contributed by atoms with Crippen LogP contribution in [-0.4, -0.2) is 53.3 Å². The van der Waals surface area contributed by atoms with Crippen molar-refractivity contribution in [2.24, 2.45) is 0 Å². The lowest BCUT2D eigenvalue weighted by atomic mass is 9.74. The van der Waals surface area contributed by atoms with Gasteiger partial charge in [0.2, 0.25) is 5.88 Å². The zero-order valence-electron chi connectivity index (χ0n) is 21.1. The zero-order valence-corrected chi connectivity index (χ0v) is 21.1. The molecule has 2 aromatic rings. The van der Waals surface area contributed by atoms with Crippen molar-refractivity contribution in [3.05, 3.63) is 101 Å². The topological polar surface area (TPSA) is 55.3 Å². The second-order valence-electron chi connectivity index (χ2n) is 9.94. The van der Waals surface area contributed by atoms with Gasteiger partial charge in [0.15, 0.2) is 5.78 Å². The minimum atomic E-state index is -2.51. The number of halogens is 2. The molecule has 1 aromatic heterocycles. The first-order chi connectivity index (χ1) is 17.8. The first-order valence-corrected chi connectivity index (χ1v) is 12.7. The molecule has 7 heteroatoms. The van der Waals surface area contributed by atoms with Crippen LogP contribution in [0.3, 0.4) is 0 Å². The SMILES string of the molecule is C=C1C(Cc2ccc(CCN3CCC(F)(F)CC3)cc2)=C2C(=O)CC=CC2=CC1c1cncc(OC)n1. The van der Waals surface area contributed by atoms with Crippen molar-refractivity contribution in [1.82, 2.24) is 14.9 Å². The minimum absolute atomic E-state index is 0.0556. The molecule has 2 heterocycles. The first kappa shape index (κ1) is 25.2. The van der Waals surface area contributed by atoms with E-state index in [9.17, 15) is 13.6 Å². The Labute approximate surface area is 216 Å². The maximum atomic E-state index is 13.4. The lowest BCUT2D eigenvalue weighted by molar-refractivity contribution is -0.114. The van der Waals surface area contributed by atoms with Crippen molar-refractivity contribution in [3.8, 4) is 5.88 Å². The number of piperidine rings is 1. The Bertz CT molecular complexity index is 1280. The van der Waals surface area contributed by atoms with Crippen molar-refractivity contribution in [2.75, 3.05) is 26.7 Å². The number of alkyl halides is 2. The van der Waals surface area contributed by atoms with Crippen LogP contribution < -0.4 is 4.74 Å². The number of ether oxygens (including phenoxy) is 1. The molecular weight excluding hydrogens is 472 g/mol. The van der Waals surface area contributed by atoms with Gasteiger partial charge in [0.25, 0.3) is 5.92 Å². The molecule has 37 heavy (non-hydrogen) atoms. The van der Waals surface area contributed by atoms with E-state index in [1.807, 2.05) is 18.2 Å². The molecule has 0 radical (unpaired) electrons. The van der Waals surface area contributed by atoms with Gasteiger partial charge in [0, 0.05) is 56.6 Å². The van der Waals surface area contributed by atoms with Crippen LogP contribution in [0.5, 0.6) is 5.88 Å². The molecular formula is C30H31F2N3O2. The van der Waals surface area contributed by atoms with Crippen molar-refractivity contribution >= 4 is 5.78 Å². The summed E-state index contributed by atoms with van der Waals surface area (Å²) in [6.45, 7) is 6.06. The number of aromatic nitrogens is 2. The van der Waals surface area contributed by atoms with Gasteiger partial charge >= 0.3 is 0 Å². The average Bonchev–Trinajstić information content (AvgIpc) is 2.90. The summed E-state index contributed by atoms with van der Waals surface area (Å²) in [5.41, 5.74) is 6.40. The van der Waals surface area contributed by atoms with E-state index in [0.29, 0.717) is 31.8 Å². The molecule has 0 N–H and O–H groups in total. The first-order valence-electron chi connectivity index (χ1n) is 12.7. The molecule has 0 amide bonds. The van der Waals surface area contributed by atoms with E-state index in [1.54, 1.807) is 19.5 Å². The number of carbonyl (C=O) groups excluding carboxylic acids is 1. The third-order valence-electron chi connectivity index (χ3n) is 7.45. The largest absolute Gasteiger partial charge is 0.480 e. The van der Waals surface area contributed by atoms with Crippen molar-refractivity contribution < 1.29 is 18.3 Å². The molecule has 1 unspecified atom stereocenters. The molecule has 5 rings (SSSR count). The number of rotatable bonds is 7. The lowest BCUT2D eigenvalue weighted by Crippen LogP contribution is -2.40. The smallest absolute Gasteiger partial charge is 0.250 e. The standard InChI is InChI=1S/C30H31F2N3O2/c1-20-24(26-18-33-19-28(34-26)37-2)17-23-4-3-5-27(36)29(23)25(20)16-22-8-6-21(7-9-22)10-13-35-14-11-30(31,32)12-15-35/h3-4,6-9,17-19,24H,1,5,10-16H2,2H3. The number of nitrogens with zero attached hydrogens (tertiary/aromatic N) is 3. The third-order valence-corrected chi connectivity index (χ3v) is 7.45. The van der Waals surface area contributed by atoms with Gasteiger partial charge in [-0.2, -0.15) is 0 Å². The van der Waals surface area contributed by atoms with E-state index in [4.69, 9.17) is 4.74 Å². The van der Waals surface area contributed by atoms with Gasteiger partial charge in [-0.3, -0.25) is 9.78 Å². The molecule has 0 spiro atoms. The van der Waals surface area contributed by atoms with Crippen LogP contribution in [0.1, 0.15) is 42.0 Å². The number of Topliss-reactive ketones (excluding diaryl/α,β-unsaturated/α-hetero) is 1. The predicted molar refractivity (Wildman–Crippen MR) is 139 cm³/mol. The Hall–Kier alpha value is -3.45. The predicted octanol–water partition coefficient (Wildman–Crippen LogP) is 5.41. The number of ketones is 1. The number of carbonyl (C=O) groups is 1. The fourth-order valence-electron chi connectivity index (χ4n) is 5.24. The van der Waals surface area contributed by atoms with E-state index in [0.717, 1.165) is 46.5 Å². The molecule has 1 aromatic carbocycles. The molecule has 3 aliphatic rings. The van der Waals surface area contributed by atoms with E-state index in [2.05, 4.69) is 45.7 Å². The molecule has 0 bridgehead atoms. The van der Waals surface area contributed by atoms with Crippen molar-refractivity contribution in [2.45, 2.75) is 43.9 Å². The average molecular weight is 504 g/mol. The lowest BCUT2D eigenvalue weighted by Gasteiger charge is -2.31. The number of fused-ring (bicyclic) bond motifs is 1. The van der Waals surface area contributed by atoms with E-state index < -0.39 is 5.92 Å². The maximum Gasteiger partial charge on any atom is 0.250 e. The maximum absolute atomic E-state index is 13.4. The Morgan fingerprint density at radius 3 is 2.59 bits per heavy atom. The van der Waals surface area contributed by atoms with Gasteiger partial charge in [-0.15, -0.1) is 0 Å². The van der Waals surface area contributed by atoms with E-state index >= 15 is 0 Å². The number of likely N-dealkylation sites (tertiary alicyclic amines) is 1. The van der Waals surface area contributed by atoms with E-state index in [-0.39, 0.29) is 24.5 Å². The number of hydrogen-bond donors (Lipinski definition) is 0. The van der Waals surface area contributed by atoms with Crippen molar-refractivity contribution in [1.29, 1.82) is 0 Å². The van der Waals surface area contributed by atoms with Crippen LogP contribution in [-0.2, 0) is 17.6 Å². The molecule has 1 fully saturated rings. The number of methoxy groups -OCH3 is 1. The van der Waals surface area contributed by atoms with Crippen LogP contribution >= 0.6 is 0 Å². The fraction of sp³-hybridized carbons (Fsp3) is 0.367. The molecule has 5 nitrogen and oxygen atoms in total. The summed E-state index contributed by atoms with van der Waals surface area (Å²) in [5, 5.41) is 0. The number of benzene rings is 1. The Balaban J connectivity index is 1.33. The van der Waals surface area contributed by atoms with Gasteiger partial charge in [0.1, 0.15) is 0 Å². The highest BCUT2D eigenvalue weighted by Gasteiger charge is 2.34. The van der Waals surface area contributed by atoms with Gasteiger partial charge < -0.3 is 9.64 Å². The molecule has 2 aliphatic carbocycles. The molecule has 1 saturated heterocycles. The van der Waals surface area contributed by atoms with Gasteiger partial charge in [-0.05, 0) is 40.7 Å². The highest BCUT2D eigenvalue weighted by molar-refractivity contribution is 6.04. The van der Waals surface area contributed by atoms with Crippen LogP contribution in [0.4, 0.5) is 8.78 Å². The summed E-state index contributed by atoms with van der Waals surface area (Å²) in [5.74, 6) is -2.18. The summed E-state index contributed by atoms with van der Waals surface area (Å²) < 4.78 is 32.1. The summed E-state index contributed by atoms with van der Waals surface area (Å²) in [6.07, 6.45) is 10.9. The van der Waals surface area contributed by atoms with Gasteiger partial charge in [0.05, 0.1) is 19.0 Å². The van der Waals surface area contributed by atoms with Crippen LogP contribution in [0, 0.1) is 0 Å². The molecule has 0 saturated carbocycles. The Kier molecular flexibility index (Phi) is 7.15. The highest BCUT2D eigenvalue weighted by atomic mass is 19.3. The Morgan fingerprint density at radius 1 is 1.14 bits per heavy atom. The molecule has 1 atom stereocenters. The summed E-state index contributed by atoms with van der Waals surface area (Å²) in [4.78, 5) is 23.9. The second kappa shape index (κ2) is 10.5. The Morgan fingerprint density at radius 2 is 1.86 bits per heavy atom. The fourth-order valence-corrected chi connectivity index (χ4v) is 5.24. The van der Waals surface area contributed by atoms with Gasteiger partial charge in [-0.25, -0.2) is 13.8 Å². The summed E-state index contributed by atoms with van der Waals surface area (Å²) >= 11 is 0. The molecule has 1 aliphatic heterocycles. The summed E-state index contributed by atoms with van der Waals surface area (Å²) in [6, 6.07) is 8.36. The zero-order chi connectivity index (χ0) is 26.0. The summed E-state index contributed by atoms with van der Waals surface area (Å²) in [7, 11) is 1.56. The number of allylic oxidation sites excluding steroid dienone is 7. The monoisotopic (exact) mass is 503 g/mol. The highest BCUT2D eigenvalue weighted by Crippen LogP contribution is 2.42. The van der Waals surface area contributed by atoms with Crippen LogP contribution in [0.25, 0.3) is 0 Å². The minimum Gasteiger partial charge on any atom is -0.480 e.